The molecule has 2 amide bonds. The largest absolute Gasteiger partial charge is 0.381 e. The molecule has 0 saturated carbocycles. The number of hydrogen-bond acceptors (Lipinski definition) is 5. The van der Waals surface area contributed by atoms with Gasteiger partial charge in [0, 0.05) is 50.5 Å². The molecule has 2 aliphatic rings. The molecule has 1 aromatic rings. The third-order valence-electron chi connectivity index (χ3n) is 4.81. The predicted octanol–water partition coefficient (Wildman–Crippen LogP) is 0.226. The van der Waals surface area contributed by atoms with Gasteiger partial charge in [-0.15, -0.1) is 0 Å². The first kappa shape index (κ1) is 17.6. The molecule has 2 aliphatic heterocycles. The van der Waals surface area contributed by atoms with Gasteiger partial charge in [0.15, 0.2) is 5.69 Å². The first-order valence-corrected chi connectivity index (χ1v) is 8.75. The van der Waals surface area contributed by atoms with E-state index in [9.17, 15) is 14.4 Å². The summed E-state index contributed by atoms with van der Waals surface area (Å²) in [6.07, 6.45) is 2.86. The van der Waals surface area contributed by atoms with Crippen LogP contribution in [0.1, 0.15) is 41.9 Å². The molecule has 1 unspecified atom stereocenters. The van der Waals surface area contributed by atoms with Crippen LogP contribution in [-0.2, 0) is 9.53 Å². The molecular weight excluding hydrogens is 324 g/mol. The van der Waals surface area contributed by atoms with Crippen LogP contribution in [0.4, 0.5) is 0 Å². The number of aromatic amines is 1. The number of amides is 2. The SMILES string of the molecule is Cc1cc(=O)c(C(=O)NC2CCN(C(=O)CC3CCOC3)CC2)n[nH]1. The average Bonchev–Trinajstić information content (AvgIpc) is 3.08. The van der Waals surface area contributed by atoms with Crippen LogP contribution >= 0.6 is 0 Å². The quantitative estimate of drug-likeness (QED) is 0.810. The van der Waals surface area contributed by atoms with E-state index in [0.717, 1.165) is 13.0 Å². The number of rotatable bonds is 4. The van der Waals surface area contributed by atoms with Gasteiger partial charge in [-0.25, -0.2) is 0 Å². The number of nitrogens with zero attached hydrogens (tertiary/aromatic N) is 2. The lowest BCUT2D eigenvalue weighted by atomic mass is 10.0. The molecular formula is C17H24N4O4. The van der Waals surface area contributed by atoms with E-state index in [4.69, 9.17) is 4.74 Å². The van der Waals surface area contributed by atoms with E-state index in [0.29, 0.717) is 50.6 Å². The summed E-state index contributed by atoms with van der Waals surface area (Å²) < 4.78 is 5.31. The van der Waals surface area contributed by atoms with E-state index in [1.165, 1.54) is 6.07 Å². The fourth-order valence-electron chi connectivity index (χ4n) is 3.31. The maximum absolute atomic E-state index is 12.3. The van der Waals surface area contributed by atoms with Crippen molar-refractivity contribution in [1.82, 2.24) is 20.4 Å². The molecule has 1 atom stereocenters. The zero-order valence-electron chi connectivity index (χ0n) is 14.4. The van der Waals surface area contributed by atoms with Gasteiger partial charge in [-0.05, 0) is 32.1 Å². The number of aryl methyl sites for hydroxylation is 1. The number of nitrogens with one attached hydrogen (secondary N) is 2. The summed E-state index contributed by atoms with van der Waals surface area (Å²) in [5.41, 5.74) is 0.103. The van der Waals surface area contributed by atoms with Crippen LogP contribution in [0.3, 0.4) is 0 Å². The van der Waals surface area contributed by atoms with Crippen LogP contribution in [0.25, 0.3) is 0 Å². The smallest absolute Gasteiger partial charge is 0.276 e. The van der Waals surface area contributed by atoms with Gasteiger partial charge in [0.05, 0.1) is 0 Å². The highest BCUT2D eigenvalue weighted by atomic mass is 16.5. The molecule has 25 heavy (non-hydrogen) atoms. The predicted molar refractivity (Wildman–Crippen MR) is 90.2 cm³/mol. The molecule has 0 bridgehead atoms. The molecule has 3 rings (SSSR count). The molecule has 3 heterocycles. The van der Waals surface area contributed by atoms with Gasteiger partial charge < -0.3 is 15.0 Å². The van der Waals surface area contributed by atoms with Crippen LogP contribution in [0.15, 0.2) is 10.9 Å². The minimum absolute atomic E-state index is 0.0473. The zero-order valence-corrected chi connectivity index (χ0v) is 14.4. The standard InChI is InChI=1S/C17H24N4O4/c1-11-8-14(22)16(20-19-11)17(24)18-13-2-5-21(6-3-13)15(23)9-12-4-7-25-10-12/h8,12-13H,2-7,9-10H2,1H3,(H,18,24)(H,19,22). The highest BCUT2D eigenvalue weighted by molar-refractivity contribution is 5.92. The maximum Gasteiger partial charge on any atom is 0.276 e. The molecule has 2 saturated heterocycles. The first-order chi connectivity index (χ1) is 12.0. The number of H-pyrrole nitrogens is 1. The Morgan fingerprint density at radius 2 is 2.12 bits per heavy atom. The molecule has 0 spiro atoms. The second kappa shape index (κ2) is 7.77. The molecule has 8 heteroatoms. The van der Waals surface area contributed by atoms with Crippen LogP contribution in [0.2, 0.25) is 0 Å². The van der Waals surface area contributed by atoms with Crippen molar-refractivity contribution in [2.75, 3.05) is 26.3 Å². The Balaban J connectivity index is 1.48. The Kier molecular flexibility index (Phi) is 5.47. The van der Waals surface area contributed by atoms with Gasteiger partial charge in [0.1, 0.15) is 0 Å². The third kappa shape index (κ3) is 4.45. The Labute approximate surface area is 145 Å². The van der Waals surface area contributed by atoms with Crippen molar-refractivity contribution in [2.45, 2.75) is 38.6 Å². The first-order valence-electron chi connectivity index (χ1n) is 8.75. The minimum Gasteiger partial charge on any atom is -0.381 e. The fourth-order valence-corrected chi connectivity index (χ4v) is 3.31. The molecule has 0 aromatic carbocycles. The lowest BCUT2D eigenvalue weighted by molar-refractivity contribution is -0.133. The van der Waals surface area contributed by atoms with Crippen molar-refractivity contribution in [3.8, 4) is 0 Å². The van der Waals surface area contributed by atoms with Gasteiger partial charge in [-0.3, -0.25) is 19.5 Å². The van der Waals surface area contributed by atoms with E-state index in [-0.39, 0.29) is 23.1 Å². The van der Waals surface area contributed by atoms with Crippen molar-refractivity contribution >= 4 is 11.8 Å². The van der Waals surface area contributed by atoms with Gasteiger partial charge >= 0.3 is 0 Å². The minimum atomic E-state index is -0.464. The zero-order chi connectivity index (χ0) is 17.8. The Morgan fingerprint density at radius 3 is 2.76 bits per heavy atom. The number of ether oxygens (including phenoxy) is 1. The summed E-state index contributed by atoms with van der Waals surface area (Å²) in [5.74, 6) is 0.0373. The number of hydrogen-bond donors (Lipinski definition) is 2. The summed E-state index contributed by atoms with van der Waals surface area (Å²) >= 11 is 0. The maximum atomic E-state index is 12.3. The van der Waals surface area contributed by atoms with E-state index in [2.05, 4.69) is 15.5 Å². The van der Waals surface area contributed by atoms with Crippen molar-refractivity contribution in [3.05, 3.63) is 27.7 Å². The highest BCUT2D eigenvalue weighted by Gasteiger charge is 2.27. The van der Waals surface area contributed by atoms with E-state index < -0.39 is 5.91 Å². The van der Waals surface area contributed by atoms with Gasteiger partial charge in [0.25, 0.3) is 5.91 Å². The van der Waals surface area contributed by atoms with E-state index in [1.807, 2.05) is 4.90 Å². The lowest BCUT2D eigenvalue weighted by Crippen LogP contribution is -2.47. The van der Waals surface area contributed by atoms with E-state index >= 15 is 0 Å². The summed E-state index contributed by atoms with van der Waals surface area (Å²) in [6, 6.07) is 1.31. The second-order valence-electron chi connectivity index (χ2n) is 6.83. The monoisotopic (exact) mass is 348 g/mol. The Morgan fingerprint density at radius 1 is 1.36 bits per heavy atom. The normalized spacial score (nSPS) is 21.3. The Bertz CT molecular complexity index is 688. The van der Waals surface area contributed by atoms with Crippen molar-refractivity contribution in [1.29, 1.82) is 0 Å². The summed E-state index contributed by atoms with van der Waals surface area (Å²) in [5, 5.41) is 9.31. The van der Waals surface area contributed by atoms with Crippen molar-refractivity contribution in [3.63, 3.8) is 0 Å². The number of piperidine rings is 1. The van der Waals surface area contributed by atoms with Crippen LogP contribution in [-0.4, -0.2) is 59.3 Å². The fraction of sp³-hybridized carbons (Fsp3) is 0.647. The third-order valence-corrected chi connectivity index (χ3v) is 4.81. The molecule has 8 nitrogen and oxygen atoms in total. The molecule has 136 valence electrons. The number of carbonyl (C=O) groups is 2. The molecule has 2 N–H and O–H groups in total. The Hall–Kier alpha value is -2.22. The number of likely N-dealkylation sites (tertiary alicyclic amines) is 1. The van der Waals surface area contributed by atoms with Gasteiger partial charge in [-0.1, -0.05) is 0 Å². The highest BCUT2D eigenvalue weighted by Crippen LogP contribution is 2.19. The number of aromatic nitrogens is 2. The lowest BCUT2D eigenvalue weighted by Gasteiger charge is -2.32. The molecule has 1 aromatic heterocycles. The summed E-state index contributed by atoms with van der Waals surface area (Å²) in [4.78, 5) is 38.2. The second-order valence-corrected chi connectivity index (χ2v) is 6.83. The van der Waals surface area contributed by atoms with Crippen LogP contribution in [0.5, 0.6) is 0 Å². The topological polar surface area (TPSA) is 104 Å². The molecule has 2 fully saturated rings. The van der Waals surface area contributed by atoms with Crippen molar-refractivity contribution < 1.29 is 14.3 Å². The van der Waals surface area contributed by atoms with Crippen LogP contribution in [0, 0.1) is 12.8 Å². The van der Waals surface area contributed by atoms with Gasteiger partial charge in [0.2, 0.25) is 11.3 Å². The molecule has 0 radical (unpaired) electrons. The summed E-state index contributed by atoms with van der Waals surface area (Å²) in [6.45, 7) is 4.37. The van der Waals surface area contributed by atoms with E-state index in [1.54, 1.807) is 6.92 Å². The van der Waals surface area contributed by atoms with Crippen LogP contribution < -0.4 is 10.7 Å². The summed E-state index contributed by atoms with van der Waals surface area (Å²) in [7, 11) is 0. The van der Waals surface area contributed by atoms with Gasteiger partial charge in [-0.2, -0.15) is 5.10 Å². The number of carbonyl (C=O) groups excluding carboxylic acids is 2. The van der Waals surface area contributed by atoms with Crippen molar-refractivity contribution in [2.24, 2.45) is 5.92 Å². The average molecular weight is 348 g/mol. The molecule has 0 aliphatic carbocycles.